The van der Waals surface area contributed by atoms with E-state index < -0.39 is 0 Å². The van der Waals surface area contributed by atoms with E-state index in [4.69, 9.17) is 0 Å². The Balaban J connectivity index is 1.73. The molecule has 3 fully saturated rings. The standard InChI is InChI=1S/C19H27BrO3/c1-18-5-3-11(21)7-10(18)8-15(22)16-12(18)4-6-19(2)13(16)9-14(20)17(19)23/h3,5,10-16,21-22H,4,6-9H2,1-2H3/t10?,11-,12-,13-,14+,15-,16+,18-,19-/m0/s1. The average Bonchev–Trinajstić information content (AvgIpc) is 2.73. The van der Waals surface area contributed by atoms with E-state index >= 15 is 0 Å². The molecule has 128 valence electrons. The van der Waals surface area contributed by atoms with E-state index in [1.165, 1.54) is 0 Å². The normalized spacial score (nSPS) is 58.5. The first-order valence-electron chi connectivity index (χ1n) is 9.01. The Labute approximate surface area is 146 Å². The monoisotopic (exact) mass is 382 g/mol. The van der Waals surface area contributed by atoms with E-state index in [1.807, 2.05) is 6.08 Å². The molecule has 0 aromatic heterocycles. The summed E-state index contributed by atoms with van der Waals surface area (Å²) in [5, 5.41) is 20.9. The lowest BCUT2D eigenvalue weighted by Crippen LogP contribution is -2.57. The Morgan fingerprint density at radius 1 is 1.17 bits per heavy atom. The first-order chi connectivity index (χ1) is 10.8. The Kier molecular flexibility index (Phi) is 3.65. The predicted octanol–water partition coefficient (Wildman–Crippen LogP) is 3.08. The highest BCUT2D eigenvalue weighted by molar-refractivity contribution is 9.10. The van der Waals surface area contributed by atoms with Gasteiger partial charge in [0.1, 0.15) is 0 Å². The van der Waals surface area contributed by atoms with Crippen molar-refractivity contribution in [1.82, 2.24) is 0 Å². The SMILES string of the molecule is C[C@]12C=C[C@H](O)CC1C[C@H](O)[C@@H]1[C@@H]2CC[C@]2(C)C(=O)[C@H](Br)C[C@@H]12. The fourth-order valence-corrected chi connectivity index (χ4v) is 7.44. The molecule has 9 atom stereocenters. The molecular formula is C19H27BrO3. The highest BCUT2D eigenvalue weighted by Crippen LogP contribution is 2.64. The number of hydrogen-bond acceptors (Lipinski definition) is 3. The van der Waals surface area contributed by atoms with E-state index in [0.717, 1.165) is 32.1 Å². The van der Waals surface area contributed by atoms with Gasteiger partial charge in [-0.3, -0.25) is 4.79 Å². The lowest BCUT2D eigenvalue weighted by atomic mass is 9.45. The Bertz CT molecular complexity index is 561. The maximum absolute atomic E-state index is 12.7. The second-order valence-electron chi connectivity index (χ2n) is 8.84. The van der Waals surface area contributed by atoms with E-state index in [2.05, 4.69) is 35.9 Å². The number of carbonyl (C=O) groups is 1. The van der Waals surface area contributed by atoms with Crippen LogP contribution in [0.1, 0.15) is 46.0 Å². The highest BCUT2D eigenvalue weighted by atomic mass is 79.9. The van der Waals surface area contributed by atoms with Gasteiger partial charge in [0.05, 0.1) is 17.0 Å². The van der Waals surface area contributed by atoms with Crippen molar-refractivity contribution in [3.63, 3.8) is 0 Å². The van der Waals surface area contributed by atoms with Gasteiger partial charge in [-0.25, -0.2) is 0 Å². The number of rotatable bonds is 0. The maximum atomic E-state index is 12.7. The van der Waals surface area contributed by atoms with Crippen molar-refractivity contribution >= 4 is 21.7 Å². The van der Waals surface area contributed by atoms with Crippen molar-refractivity contribution in [2.24, 2.45) is 34.5 Å². The van der Waals surface area contributed by atoms with Crippen LogP contribution in [0.2, 0.25) is 0 Å². The summed E-state index contributed by atoms with van der Waals surface area (Å²) in [6.07, 6.45) is 7.78. The number of fused-ring (bicyclic) bond motifs is 5. The van der Waals surface area contributed by atoms with Gasteiger partial charge in [-0.1, -0.05) is 41.9 Å². The summed E-state index contributed by atoms with van der Waals surface area (Å²) in [5.41, 5.74) is -0.213. The van der Waals surface area contributed by atoms with Gasteiger partial charge in [0.2, 0.25) is 0 Å². The average molecular weight is 383 g/mol. The van der Waals surface area contributed by atoms with Gasteiger partial charge >= 0.3 is 0 Å². The van der Waals surface area contributed by atoms with E-state index in [9.17, 15) is 15.0 Å². The number of aliphatic hydroxyl groups is 2. The minimum absolute atomic E-state index is 0.0438. The molecule has 2 N–H and O–H groups in total. The first-order valence-corrected chi connectivity index (χ1v) is 9.93. The minimum atomic E-state index is -0.370. The molecule has 0 amide bonds. The smallest absolute Gasteiger partial charge is 0.152 e. The van der Waals surface area contributed by atoms with Gasteiger partial charge in [-0.2, -0.15) is 0 Å². The zero-order valence-electron chi connectivity index (χ0n) is 13.9. The quantitative estimate of drug-likeness (QED) is 0.499. The second kappa shape index (κ2) is 5.15. The van der Waals surface area contributed by atoms with Crippen LogP contribution in [0.5, 0.6) is 0 Å². The molecule has 4 rings (SSSR count). The number of Topliss-reactive ketones (excluding diaryl/α,β-unsaturated/α-hetero) is 1. The van der Waals surface area contributed by atoms with Crippen LogP contribution >= 0.6 is 15.9 Å². The summed E-state index contributed by atoms with van der Waals surface area (Å²) in [6, 6.07) is 0. The topological polar surface area (TPSA) is 57.5 Å². The molecule has 0 aromatic carbocycles. The van der Waals surface area contributed by atoms with Crippen LogP contribution in [0, 0.1) is 34.5 Å². The Hall–Kier alpha value is -0.190. The molecule has 0 aliphatic heterocycles. The second-order valence-corrected chi connectivity index (χ2v) is 9.95. The van der Waals surface area contributed by atoms with E-state index in [1.54, 1.807) is 0 Å². The van der Waals surface area contributed by atoms with Gasteiger partial charge < -0.3 is 10.2 Å². The van der Waals surface area contributed by atoms with Crippen LogP contribution in [-0.4, -0.2) is 33.0 Å². The maximum Gasteiger partial charge on any atom is 0.152 e. The van der Waals surface area contributed by atoms with Gasteiger partial charge in [-0.15, -0.1) is 0 Å². The third-order valence-electron chi connectivity index (χ3n) is 7.88. The van der Waals surface area contributed by atoms with Crippen LogP contribution < -0.4 is 0 Å². The number of carbonyl (C=O) groups excluding carboxylic acids is 1. The molecule has 4 heteroatoms. The highest BCUT2D eigenvalue weighted by Gasteiger charge is 2.63. The van der Waals surface area contributed by atoms with Crippen LogP contribution in [-0.2, 0) is 4.79 Å². The predicted molar refractivity (Wildman–Crippen MR) is 92.1 cm³/mol. The first kappa shape index (κ1) is 16.3. The fourth-order valence-electron chi connectivity index (χ4n) is 6.51. The lowest BCUT2D eigenvalue weighted by Gasteiger charge is -2.59. The number of alkyl halides is 1. The number of halogens is 1. The minimum Gasteiger partial charge on any atom is -0.393 e. The van der Waals surface area contributed by atoms with Gasteiger partial charge in [0.15, 0.2) is 5.78 Å². The van der Waals surface area contributed by atoms with Gasteiger partial charge in [-0.05, 0) is 61.2 Å². The summed E-state index contributed by atoms with van der Waals surface area (Å²) in [4.78, 5) is 12.6. The summed E-state index contributed by atoms with van der Waals surface area (Å²) in [5.74, 6) is 1.60. The van der Waals surface area contributed by atoms with Crippen LogP contribution in [0.4, 0.5) is 0 Å². The Morgan fingerprint density at radius 3 is 2.65 bits per heavy atom. The number of ketones is 1. The zero-order valence-corrected chi connectivity index (χ0v) is 15.5. The lowest BCUT2D eigenvalue weighted by molar-refractivity contribution is -0.150. The van der Waals surface area contributed by atoms with Crippen LogP contribution in [0.15, 0.2) is 12.2 Å². The third kappa shape index (κ3) is 2.10. The summed E-state index contributed by atoms with van der Waals surface area (Å²) >= 11 is 3.58. The molecule has 0 spiro atoms. The molecule has 0 bridgehead atoms. The van der Waals surface area contributed by atoms with Crippen LogP contribution in [0.25, 0.3) is 0 Å². The molecule has 3 saturated carbocycles. The van der Waals surface area contributed by atoms with Crippen molar-refractivity contribution in [2.75, 3.05) is 0 Å². The van der Waals surface area contributed by atoms with Gasteiger partial charge in [0, 0.05) is 5.41 Å². The number of allylic oxidation sites excluding steroid dienone is 1. The van der Waals surface area contributed by atoms with E-state index in [-0.39, 0.29) is 39.7 Å². The largest absolute Gasteiger partial charge is 0.393 e. The molecule has 0 radical (unpaired) electrons. The summed E-state index contributed by atoms with van der Waals surface area (Å²) in [7, 11) is 0. The van der Waals surface area contributed by atoms with Crippen LogP contribution in [0.3, 0.4) is 0 Å². The number of aliphatic hydroxyl groups excluding tert-OH is 2. The third-order valence-corrected chi connectivity index (χ3v) is 8.67. The molecule has 4 aliphatic rings. The fraction of sp³-hybridized carbons (Fsp3) is 0.842. The van der Waals surface area contributed by atoms with Gasteiger partial charge in [0.25, 0.3) is 0 Å². The number of hydrogen-bond donors (Lipinski definition) is 2. The Morgan fingerprint density at radius 2 is 1.91 bits per heavy atom. The van der Waals surface area contributed by atoms with Crippen molar-refractivity contribution in [1.29, 1.82) is 0 Å². The molecule has 1 unspecified atom stereocenters. The van der Waals surface area contributed by atoms with E-state index in [0.29, 0.717) is 17.6 Å². The molecule has 0 aromatic rings. The molecule has 0 saturated heterocycles. The zero-order chi connectivity index (χ0) is 16.6. The van der Waals surface area contributed by atoms with Crippen molar-refractivity contribution in [3.8, 4) is 0 Å². The molecular weight excluding hydrogens is 356 g/mol. The summed E-state index contributed by atoms with van der Waals surface area (Å²) < 4.78 is 0. The van der Waals surface area contributed by atoms with Crippen molar-refractivity contribution in [2.45, 2.75) is 63.0 Å². The molecule has 3 nitrogen and oxygen atoms in total. The van der Waals surface area contributed by atoms with Crippen molar-refractivity contribution in [3.05, 3.63) is 12.2 Å². The molecule has 23 heavy (non-hydrogen) atoms. The summed E-state index contributed by atoms with van der Waals surface area (Å²) in [6.45, 7) is 4.44. The molecule has 0 heterocycles. The van der Waals surface area contributed by atoms with Crippen molar-refractivity contribution < 1.29 is 15.0 Å². The molecule has 4 aliphatic carbocycles.